The SMILES string of the molecule is CCN(CC1CCN(CCc2ccccc2C)CC1)C(=O)c1cnc(C)nc1C. The second-order valence-electron chi connectivity index (χ2n) is 8.22. The van der Waals surface area contributed by atoms with Crippen LogP contribution in [0, 0.1) is 26.7 Å². The molecule has 1 aromatic carbocycles. The summed E-state index contributed by atoms with van der Waals surface area (Å²) in [5.41, 5.74) is 4.24. The molecule has 1 amide bonds. The summed E-state index contributed by atoms with van der Waals surface area (Å²) in [6.07, 6.45) is 5.10. The molecule has 0 atom stereocenters. The van der Waals surface area contributed by atoms with Crippen LogP contribution in [0.3, 0.4) is 0 Å². The monoisotopic (exact) mass is 394 g/mol. The van der Waals surface area contributed by atoms with Crippen molar-refractivity contribution >= 4 is 5.91 Å². The van der Waals surface area contributed by atoms with E-state index in [0.717, 1.165) is 57.7 Å². The molecule has 5 nitrogen and oxygen atoms in total. The summed E-state index contributed by atoms with van der Waals surface area (Å²) in [5, 5.41) is 0. The predicted octanol–water partition coefficient (Wildman–Crippen LogP) is 3.82. The first-order valence-corrected chi connectivity index (χ1v) is 10.8. The van der Waals surface area contributed by atoms with E-state index < -0.39 is 0 Å². The van der Waals surface area contributed by atoms with Crippen molar-refractivity contribution in [1.29, 1.82) is 0 Å². The average molecular weight is 395 g/mol. The molecular formula is C24H34N4O. The van der Waals surface area contributed by atoms with Gasteiger partial charge in [0.25, 0.3) is 5.91 Å². The van der Waals surface area contributed by atoms with Gasteiger partial charge in [0.15, 0.2) is 0 Å². The second kappa shape index (κ2) is 9.97. The molecule has 0 saturated carbocycles. The fourth-order valence-corrected chi connectivity index (χ4v) is 4.19. The lowest BCUT2D eigenvalue weighted by Gasteiger charge is -2.34. The maximum absolute atomic E-state index is 13.0. The maximum atomic E-state index is 13.0. The smallest absolute Gasteiger partial charge is 0.257 e. The molecule has 0 spiro atoms. The summed E-state index contributed by atoms with van der Waals surface area (Å²) < 4.78 is 0. The third-order valence-electron chi connectivity index (χ3n) is 6.14. The fraction of sp³-hybridized carbons (Fsp3) is 0.542. The number of amides is 1. The molecule has 2 heterocycles. The Bertz CT molecular complexity index is 827. The molecule has 2 aromatic rings. The van der Waals surface area contributed by atoms with Crippen LogP contribution in [-0.4, -0.2) is 58.4 Å². The highest BCUT2D eigenvalue weighted by Crippen LogP contribution is 2.20. The van der Waals surface area contributed by atoms with Gasteiger partial charge in [-0.05, 0) is 77.1 Å². The highest BCUT2D eigenvalue weighted by atomic mass is 16.2. The minimum absolute atomic E-state index is 0.0620. The molecule has 0 radical (unpaired) electrons. The molecule has 1 saturated heterocycles. The topological polar surface area (TPSA) is 49.3 Å². The molecule has 0 bridgehead atoms. The van der Waals surface area contributed by atoms with E-state index in [1.54, 1.807) is 6.20 Å². The molecule has 5 heteroatoms. The number of nitrogens with zero attached hydrogens (tertiary/aromatic N) is 4. The Morgan fingerprint density at radius 1 is 1.17 bits per heavy atom. The van der Waals surface area contributed by atoms with E-state index in [9.17, 15) is 4.79 Å². The summed E-state index contributed by atoms with van der Waals surface area (Å²) in [6, 6.07) is 8.67. The van der Waals surface area contributed by atoms with Crippen molar-refractivity contribution in [3.05, 3.63) is 58.7 Å². The Balaban J connectivity index is 1.49. The largest absolute Gasteiger partial charge is 0.339 e. The number of rotatable bonds is 7. The zero-order valence-corrected chi connectivity index (χ0v) is 18.3. The van der Waals surface area contributed by atoms with E-state index in [2.05, 4.69) is 53.0 Å². The number of aryl methyl sites for hydroxylation is 3. The number of aromatic nitrogens is 2. The van der Waals surface area contributed by atoms with E-state index in [0.29, 0.717) is 17.3 Å². The van der Waals surface area contributed by atoms with Crippen LogP contribution in [0.5, 0.6) is 0 Å². The van der Waals surface area contributed by atoms with Gasteiger partial charge in [0.05, 0.1) is 11.3 Å². The van der Waals surface area contributed by atoms with Gasteiger partial charge in [-0.25, -0.2) is 9.97 Å². The van der Waals surface area contributed by atoms with Crippen molar-refractivity contribution in [1.82, 2.24) is 19.8 Å². The Kier molecular flexibility index (Phi) is 7.37. The number of hydrogen-bond acceptors (Lipinski definition) is 4. The standard InChI is InChI=1S/C24H34N4O/c1-5-28(24(29)23-16-25-20(4)26-19(23)3)17-21-10-13-27(14-11-21)15-12-22-9-7-6-8-18(22)2/h6-9,16,21H,5,10-15,17H2,1-4H3. The predicted molar refractivity (Wildman–Crippen MR) is 117 cm³/mol. The molecule has 1 fully saturated rings. The molecule has 0 N–H and O–H groups in total. The van der Waals surface area contributed by atoms with Crippen LogP contribution in [0.4, 0.5) is 0 Å². The number of benzene rings is 1. The Morgan fingerprint density at radius 3 is 2.55 bits per heavy atom. The number of carbonyl (C=O) groups excluding carboxylic acids is 1. The molecule has 0 aliphatic carbocycles. The van der Waals surface area contributed by atoms with Crippen LogP contribution in [0.2, 0.25) is 0 Å². The van der Waals surface area contributed by atoms with Crippen molar-refractivity contribution < 1.29 is 4.79 Å². The van der Waals surface area contributed by atoms with E-state index >= 15 is 0 Å². The highest BCUT2D eigenvalue weighted by Gasteiger charge is 2.24. The fourth-order valence-electron chi connectivity index (χ4n) is 4.19. The third kappa shape index (κ3) is 5.63. The van der Waals surface area contributed by atoms with Crippen molar-refractivity contribution in [3.8, 4) is 0 Å². The van der Waals surface area contributed by atoms with E-state index in [1.807, 2.05) is 18.7 Å². The number of piperidine rings is 1. The lowest BCUT2D eigenvalue weighted by molar-refractivity contribution is 0.0700. The average Bonchev–Trinajstić information content (AvgIpc) is 2.72. The van der Waals surface area contributed by atoms with E-state index in [-0.39, 0.29) is 5.91 Å². The molecule has 1 aliphatic rings. The molecule has 3 rings (SSSR count). The minimum atomic E-state index is 0.0620. The Labute approximate surface area is 175 Å². The van der Waals surface area contributed by atoms with Gasteiger partial charge in [0.2, 0.25) is 0 Å². The Hall–Kier alpha value is -2.27. The molecule has 1 aliphatic heterocycles. The summed E-state index contributed by atoms with van der Waals surface area (Å²) in [6.45, 7) is 12.9. The maximum Gasteiger partial charge on any atom is 0.257 e. The van der Waals surface area contributed by atoms with Crippen LogP contribution >= 0.6 is 0 Å². The van der Waals surface area contributed by atoms with Crippen LogP contribution in [0.1, 0.15) is 52.8 Å². The zero-order chi connectivity index (χ0) is 20.8. The first kappa shape index (κ1) is 21.4. The van der Waals surface area contributed by atoms with Crippen molar-refractivity contribution in [2.75, 3.05) is 32.7 Å². The third-order valence-corrected chi connectivity index (χ3v) is 6.14. The summed E-state index contributed by atoms with van der Waals surface area (Å²) in [5.74, 6) is 1.34. The summed E-state index contributed by atoms with van der Waals surface area (Å²) in [7, 11) is 0. The molecule has 156 valence electrons. The zero-order valence-electron chi connectivity index (χ0n) is 18.3. The van der Waals surface area contributed by atoms with Gasteiger partial charge in [0.1, 0.15) is 5.82 Å². The molecule has 0 unspecified atom stereocenters. The van der Waals surface area contributed by atoms with Gasteiger partial charge < -0.3 is 9.80 Å². The number of likely N-dealkylation sites (tertiary alicyclic amines) is 1. The summed E-state index contributed by atoms with van der Waals surface area (Å²) in [4.78, 5) is 26.1. The van der Waals surface area contributed by atoms with Crippen molar-refractivity contribution in [2.45, 2.75) is 47.0 Å². The lowest BCUT2D eigenvalue weighted by atomic mass is 9.95. The first-order valence-electron chi connectivity index (χ1n) is 10.8. The first-order chi connectivity index (χ1) is 14.0. The van der Waals surface area contributed by atoms with Crippen LogP contribution in [0.15, 0.2) is 30.5 Å². The normalized spacial score (nSPS) is 15.4. The Morgan fingerprint density at radius 2 is 1.90 bits per heavy atom. The van der Waals surface area contributed by atoms with Gasteiger partial charge in [-0.15, -0.1) is 0 Å². The quantitative estimate of drug-likeness (QED) is 0.716. The highest BCUT2D eigenvalue weighted by molar-refractivity contribution is 5.94. The van der Waals surface area contributed by atoms with E-state index in [1.165, 1.54) is 11.1 Å². The number of hydrogen-bond donors (Lipinski definition) is 0. The molecule has 29 heavy (non-hydrogen) atoms. The molecular weight excluding hydrogens is 360 g/mol. The molecule has 1 aromatic heterocycles. The van der Waals surface area contributed by atoms with Gasteiger partial charge in [-0.3, -0.25) is 4.79 Å². The van der Waals surface area contributed by atoms with Crippen LogP contribution < -0.4 is 0 Å². The van der Waals surface area contributed by atoms with Gasteiger partial charge >= 0.3 is 0 Å². The van der Waals surface area contributed by atoms with Crippen molar-refractivity contribution in [3.63, 3.8) is 0 Å². The van der Waals surface area contributed by atoms with E-state index in [4.69, 9.17) is 0 Å². The van der Waals surface area contributed by atoms with Crippen LogP contribution in [0.25, 0.3) is 0 Å². The lowest BCUT2D eigenvalue weighted by Crippen LogP contribution is -2.41. The van der Waals surface area contributed by atoms with Crippen molar-refractivity contribution in [2.24, 2.45) is 5.92 Å². The van der Waals surface area contributed by atoms with Crippen LogP contribution in [-0.2, 0) is 6.42 Å². The number of carbonyl (C=O) groups is 1. The van der Waals surface area contributed by atoms with Gasteiger partial charge in [0, 0.05) is 25.8 Å². The van der Waals surface area contributed by atoms with Gasteiger partial charge in [-0.2, -0.15) is 0 Å². The second-order valence-corrected chi connectivity index (χ2v) is 8.22. The summed E-state index contributed by atoms with van der Waals surface area (Å²) >= 11 is 0. The van der Waals surface area contributed by atoms with Gasteiger partial charge in [-0.1, -0.05) is 24.3 Å². The minimum Gasteiger partial charge on any atom is -0.339 e.